The molecule has 1 aromatic rings. The van der Waals surface area contributed by atoms with Gasteiger partial charge in [0.2, 0.25) is 0 Å². The van der Waals surface area contributed by atoms with Gasteiger partial charge in [0.15, 0.2) is 8.83 Å². The summed E-state index contributed by atoms with van der Waals surface area (Å²) >= 11 is 5.62. The predicted molar refractivity (Wildman–Crippen MR) is 43.1 cm³/mol. The van der Waals surface area contributed by atoms with Crippen molar-refractivity contribution < 1.29 is 0 Å². The number of halogens is 1. The van der Waals surface area contributed by atoms with Gasteiger partial charge in [-0.3, -0.25) is 0 Å². The van der Waals surface area contributed by atoms with Gasteiger partial charge in [-0.2, -0.15) is 11.1 Å². The highest BCUT2D eigenvalue weighted by molar-refractivity contribution is 6.93. The lowest BCUT2D eigenvalue weighted by Crippen LogP contribution is -1.86. The van der Waals surface area contributed by atoms with Crippen LogP contribution in [0.1, 0.15) is 5.56 Å². The SMILES string of the molecule is Cl[SiH]Cc1ccccc1. The second-order valence-corrected chi connectivity index (χ2v) is 3.49. The minimum atomic E-state index is 0.0977. The van der Waals surface area contributed by atoms with Crippen molar-refractivity contribution in [3.05, 3.63) is 35.9 Å². The lowest BCUT2D eigenvalue weighted by atomic mass is 10.2. The second-order valence-electron chi connectivity index (χ2n) is 1.84. The van der Waals surface area contributed by atoms with Gasteiger partial charge in [0.1, 0.15) is 0 Å². The molecule has 9 heavy (non-hydrogen) atoms. The van der Waals surface area contributed by atoms with Crippen LogP contribution in [-0.4, -0.2) is 8.83 Å². The maximum atomic E-state index is 5.62. The van der Waals surface area contributed by atoms with Crippen LogP contribution >= 0.6 is 11.1 Å². The monoisotopic (exact) mass is 155 g/mol. The topological polar surface area (TPSA) is 0 Å². The summed E-state index contributed by atoms with van der Waals surface area (Å²) < 4.78 is 0. The molecule has 0 N–H and O–H groups in total. The highest BCUT2D eigenvalue weighted by Gasteiger charge is 1.87. The molecule has 0 saturated heterocycles. The third-order valence-corrected chi connectivity index (χ3v) is 2.24. The van der Waals surface area contributed by atoms with Crippen molar-refractivity contribution in [2.24, 2.45) is 0 Å². The van der Waals surface area contributed by atoms with E-state index in [1.807, 2.05) is 18.2 Å². The number of hydrogen-bond donors (Lipinski definition) is 0. The molecule has 1 aromatic carbocycles. The minimum Gasteiger partial charge on any atom is -0.173 e. The van der Waals surface area contributed by atoms with Crippen LogP contribution in [0, 0.1) is 0 Å². The first-order valence-electron chi connectivity index (χ1n) is 2.89. The summed E-state index contributed by atoms with van der Waals surface area (Å²) in [6.45, 7) is 0. The zero-order chi connectivity index (χ0) is 6.53. The zero-order valence-corrected chi connectivity index (χ0v) is 6.96. The Hall–Kier alpha value is -0.273. The van der Waals surface area contributed by atoms with Crippen molar-refractivity contribution >= 4 is 19.9 Å². The molecule has 0 aliphatic heterocycles. The first-order valence-corrected chi connectivity index (χ1v) is 5.45. The molecule has 0 aromatic heterocycles. The van der Waals surface area contributed by atoms with Crippen LogP contribution in [0.25, 0.3) is 0 Å². The molecule has 1 radical (unpaired) electrons. The Balaban J connectivity index is 2.61. The quantitative estimate of drug-likeness (QED) is 0.451. The Bertz CT molecular complexity index is 162. The van der Waals surface area contributed by atoms with E-state index in [-0.39, 0.29) is 8.83 Å². The fourth-order valence-electron chi connectivity index (χ4n) is 0.703. The van der Waals surface area contributed by atoms with E-state index in [0.717, 1.165) is 6.04 Å². The van der Waals surface area contributed by atoms with Gasteiger partial charge in [0, 0.05) is 0 Å². The molecule has 1 rings (SSSR count). The first kappa shape index (κ1) is 6.84. The van der Waals surface area contributed by atoms with Gasteiger partial charge in [-0.15, -0.1) is 0 Å². The molecule has 0 amide bonds. The van der Waals surface area contributed by atoms with Crippen molar-refractivity contribution in [2.45, 2.75) is 6.04 Å². The van der Waals surface area contributed by atoms with Gasteiger partial charge in [-0.1, -0.05) is 30.3 Å². The summed E-state index contributed by atoms with van der Waals surface area (Å²) in [5.41, 5.74) is 1.35. The summed E-state index contributed by atoms with van der Waals surface area (Å²) in [7, 11) is 0.0977. The maximum Gasteiger partial charge on any atom is 0.151 e. The Morgan fingerprint density at radius 1 is 1.22 bits per heavy atom. The molecule has 47 valence electrons. The lowest BCUT2D eigenvalue weighted by Gasteiger charge is -1.92. The largest absolute Gasteiger partial charge is 0.173 e. The molecule has 0 nitrogen and oxygen atoms in total. The van der Waals surface area contributed by atoms with E-state index >= 15 is 0 Å². The third-order valence-electron chi connectivity index (χ3n) is 1.16. The van der Waals surface area contributed by atoms with Crippen molar-refractivity contribution in [1.82, 2.24) is 0 Å². The highest BCUT2D eigenvalue weighted by atomic mass is 35.6. The fourth-order valence-corrected chi connectivity index (χ4v) is 1.69. The summed E-state index contributed by atoms with van der Waals surface area (Å²) in [6, 6.07) is 11.4. The average Bonchev–Trinajstić information content (AvgIpc) is 1.91. The molecule has 0 atom stereocenters. The lowest BCUT2D eigenvalue weighted by molar-refractivity contribution is 1.40. The van der Waals surface area contributed by atoms with Crippen LogP contribution in [-0.2, 0) is 6.04 Å². The van der Waals surface area contributed by atoms with Crippen LogP contribution in [0.5, 0.6) is 0 Å². The maximum absolute atomic E-state index is 5.62. The van der Waals surface area contributed by atoms with Gasteiger partial charge in [0.05, 0.1) is 0 Å². The Morgan fingerprint density at radius 2 is 1.89 bits per heavy atom. The Morgan fingerprint density at radius 3 is 2.44 bits per heavy atom. The minimum absolute atomic E-state index is 0.0977. The first-order chi connectivity index (χ1) is 4.43. The molecule has 0 bridgehead atoms. The molecule has 0 aliphatic rings. The van der Waals surface area contributed by atoms with E-state index < -0.39 is 0 Å². The van der Waals surface area contributed by atoms with Crippen LogP contribution in [0.3, 0.4) is 0 Å². The molecule has 0 aliphatic carbocycles. The van der Waals surface area contributed by atoms with Gasteiger partial charge < -0.3 is 0 Å². The summed E-state index contributed by atoms with van der Waals surface area (Å²) in [5.74, 6) is 0. The number of hydrogen-bond acceptors (Lipinski definition) is 0. The van der Waals surface area contributed by atoms with E-state index in [2.05, 4.69) is 12.1 Å². The van der Waals surface area contributed by atoms with E-state index in [0.29, 0.717) is 0 Å². The molecule has 0 saturated carbocycles. The van der Waals surface area contributed by atoms with Crippen molar-refractivity contribution in [3.8, 4) is 0 Å². The van der Waals surface area contributed by atoms with Crippen molar-refractivity contribution in [2.75, 3.05) is 0 Å². The van der Waals surface area contributed by atoms with Gasteiger partial charge >= 0.3 is 0 Å². The molecule has 2 heteroatoms. The van der Waals surface area contributed by atoms with Gasteiger partial charge in [0.25, 0.3) is 0 Å². The summed E-state index contributed by atoms with van der Waals surface area (Å²) in [4.78, 5) is 0. The molecular formula is C7H8ClSi. The predicted octanol–water partition coefficient (Wildman–Crippen LogP) is 1.78. The average molecular weight is 156 g/mol. The molecular weight excluding hydrogens is 148 g/mol. The summed E-state index contributed by atoms with van der Waals surface area (Å²) in [6.07, 6.45) is 0. The normalized spacial score (nSPS) is 9.44. The van der Waals surface area contributed by atoms with Crippen LogP contribution in [0.4, 0.5) is 0 Å². The number of rotatable bonds is 2. The van der Waals surface area contributed by atoms with Crippen LogP contribution in [0.2, 0.25) is 0 Å². The summed E-state index contributed by atoms with van der Waals surface area (Å²) in [5, 5.41) is 0. The standard InChI is InChI=1S/C7H8ClSi/c8-9-6-7-4-2-1-3-5-7/h1-5,9H,6H2. The number of benzene rings is 1. The van der Waals surface area contributed by atoms with Crippen LogP contribution in [0.15, 0.2) is 30.3 Å². The molecule has 0 heterocycles. The van der Waals surface area contributed by atoms with E-state index in [1.54, 1.807) is 0 Å². The van der Waals surface area contributed by atoms with Crippen molar-refractivity contribution in [1.29, 1.82) is 0 Å². The second kappa shape index (κ2) is 3.70. The van der Waals surface area contributed by atoms with E-state index in [4.69, 9.17) is 11.1 Å². The molecule has 0 fully saturated rings. The fraction of sp³-hybridized carbons (Fsp3) is 0.143. The van der Waals surface area contributed by atoms with Crippen molar-refractivity contribution in [3.63, 3.8) is 0 Å². The highest BCUT2D eigenvalue weighted by Crippen LogP contribution is 1.98. The van der Waals surface area contributed by atoms with Gasteiger partial charge in [-0.25, -0.2) is 0 Å². The van der Waals surface area contributed by atoms with Gasteiger partial charge in [-0.05, 0) is 11.6 Å². The Kier molecular flexibility index (Phi) is 2.81. The molecule has 0 spiro atoms. The van der Waals surface area contributed by atoms with Crippen LogP contribution < -0.4 is 0 Å². The van der Waals surface area contributed by atoms with E-state index in [1.165, 1.54) is 5.56 Å². The zero-order valence-electron chi connectivity index (χ0n) is 5.05. The van der Waals surface area contributed by atoms with E-state index in [9.17, 15) is 0 Å². The smallest absolute Gasteiger partial charge is 0.151 e. The Labute approximate surface area is 62.4 Å². The molecule has 0 unspecified atom stereocenters. The third kappa shape index (κ3) is 2.20.